The Labute approximate surface area is 228 Å². The first-order valence-corrected chi connectivity index (χ1v) is 15.1. The molecule has 1 aliphatic carbocycles. The Bertz CT molecular complexity index is 1380. The maximum atomic E-state index is 11.5. The van der Waals surface area contributed by atoms with E-state index in [2.05, 4.69) is 76.8 Å². The van der Waals surface area contributed by atoms with Gasteiger partial charge in [0.05, 0.1) is 5.75 Å². The van der Waals surface area contributed by atoms with Crippen LogP contribution in [-0.4, -0.2) is 25.3 Å². The number of rotatable bonds is 7. The van der Waals surface area contributed by atoms with Crippen LogP contribution in [0.2, 0.25) is 0 Å². The number of benzene rings is 2. The van der Waals surface area contributed by atoms with Crippen molar-refractivity contribution in [3.63, 3.8) is 0 Å². The molecule has 0 saturated heterocycles. The van der Waals surface area contributed by atoms with Crippen molar-refractivity contribution in [3.05, 3.63) is 94.4 Å². The second-order valence-corrected chi connectivity index (χ2v) is 13.6. The van der Waals surface area contributed by atoms with Crippen molar-refractivity contribution in [3.8, 4) is 5.75 Å². The maximum absolute atomic E-state index is 11.5. The third-order valence-corrected chi connectivity index (χ3v) is 8.43. The van der Waals surface area contributed by atoms with Gasteiger partial charge in [-0.05, 0) is 84.6 Å². The van der Waals surface area contributed by atoms with Crippen LogP contribution < -0.4 is 9.64 Å². The van der Waals surface area contributed by atoms with E-state index in [0.29, 0.717) is 13.0 Å². The first kappa shape index (κ1) is 28.2. The summed E-state index contributed by atoms with van der Waals surface area (Å²) in [6.07, 6.45) is 7.75. The second kappa shape index (κ2) is 10.7. The molecule has 1 N–H and O–H groups in total. The van der Waals surface area contributed by atoms with Crippen molar-refractivity contribution in [1.82, 2.24) is 0 Å². The predicted molar refractivity (Wildman–Crippen MR) is 156 cm³/mol. The zero-order valence-electron chi connectivity index (χ0n) is 23.5. The summed E-state index contributed by atoms with van der Waals surface area (Å²) in [6.45, 7) is 13.8. The van der Waals surface area contributed by atoms with Gasteiger partial charge in [0.25, 0.3) is 10.1 Å². The minimum Gasteiger partial charge on any atom is -0.457 e. The summed E-state index contributed by atoms with van der Waals surface area (Å²) in [5.74, 6) is 1.52. The zero-order valence-corrected chi connectivity index (χ0v) is 24.4. The Morgan fingerprint density at radius 1 is 1.05 bits per heavy atom. The van der Waals surface area contributed by atoms with Crippen LogP contribution in [-0.2, 0) is 20.9 Å². The lowest BCUT2D eigenvalue weighted by Gasteiger charge is -2.27. The van der Waals surface area contributed by atoms with Crippen LogP contribution in [0.25, 0.3) is 0 Å². The molecule has 0 spiro atoms. The number of ether oxygens (including phenoxy) is 1. The Hall–Kier alpha value is -2.83. The fourth-order valence-corrected chi connectivity index (χ4v) is 5.92. The summed E-state index contributed by atoms with van der Waals surface area (Å²) in [4.78, 5) is 2.22. The molecule has 0 radical (unpaired) electrons. The lowest BCUT2D eigenvalue weighted by Crippen LogP contribution is -2.28. The van der Waals surface area contributed by atoms with E-state index >= 15 is 0 Å². The maximum Gasteiger partial charge on any atom is 0.264 e. The SMILES string of the molecule is CC1=C(Oc2ccccc2)/C(=C/C=C2/N(CCCS(=O)(=O)O)c3ccc(C(C)(C)C)cc3C2(C)C)CCC1. The normalized spacial score (nSPS) is 19.8. The molecule has 2 aromatic rings. The Morgan fingerprint density at radius 2 is 1.76 bits per heavy atom. The number of hydrogen-bond acceptors (Lipinski definition) is 4. The van der Waals surface area contributed by atoms with Crippen LogP contribution in [0.3, 0.4) is 0 Å². The highest BCUT2D eigenvalue weighted by Gasteiger charge is 2.40. The van der Waals surface area contributed by atoms with Gasteiger partial charge in [0.2, 0.25) is 0 Å². The van der Waals surface area contributed by atoms with Gasteiger partial charge in [-0.1, -0.05) is 71.0 Å². The van der Waals surface area contributed by atoms with E-state index in [9.17, 15) is 13.0 Å². The second-order valence-electron chi connectivity index (χ2n) is 12.0. The van der Waals surface area contributed by atoms with Crippen LogP contribution in [0.5, 0.6) is 5.75 Å². The van der Waals surface area contributed by atoms with Crippen LogP contribution in [0.15, 0.2) is 83.3 Å². The standard InChI is InChI=1S/C32H41NO4S/c1-23-12-10-13-24(30(23)37-26-14-8-7-9-15-26)16-19-29-32(5,6)27-22-25(31(2,3)4)17-18-28(27)33(29)20-11-21-38(34,35)36/h7-9,14-19,22H,10-13,20-21H2,1-6H3,(H,34,35,36)/b24-16+,29-19+. The molecular formula is C32H41NO4S. The molecule has 5 nitrogen and oxygen atoms in total. The van der Waals surface area contributed by atoms with Gasteiger partial charge in [-0.2, -0.15) is 8.42 Å². The Morgan fingerprint density at radius 3 is 2.42 bits per heavy atom. The van der Waals surface area contributed by atoms with E-state index in [1.165, 1.54) is 22.3 Å². The van der Waals surface area contributed by atoms with Crippen molar-refractivity contribution in [2.24, 2.45) is 0 Å². The highest BCUT2D eigenvalue weighted by Crippen LogP contribution is 2.49. The molecule has 0 saturated carbocycles. The molecule has 204 valence electrons. The molecule has 6 heteroatoms. The van der Waals surface area contributed by atoms with Gasteiger partial charge in [-0.25, -0.2) is 0 Å². The fraction of sp³-hybridized carbons (Fsp3) is 0.438. The minimum atomic E-state index is -4.02. The molecule has 0 amide bonds. The number of hydrogen-bond donors (Lipinski definition) is 1. The fourth-order valence-electron chi connectivity index (χ4n) is 5.43. The highest BCUT2D eigenvalue weighted by molar-refractivity contribution is 7.85. The number of fused-ring (bicyclic) bond motifs is 1. The van der Waals surface area contributed by atoms with Crippen molar-refractivity contribution in [2.75, 3.05) is 17.2 Å². The molecule has 1 heterocycles. The summed E-state index contributed by atoms with van der Waals surface area (Å²) in [6, 6.07) is 16.5. The number of allylic oxidation sites excluding steroid dienone is 5. The van der Waals surface area contributed by atoms with Gasteiger partial charge in [-0.3, -0.25) is 4.55 Å². The van der Waals surface area contributed by atoms with Crippen LogP contribution >= 0.6 is 0 Å². The van der Waals surface area contributed by atoms with Gasteiger partial charge < -0.3 is 9.64 Å². The topological polar surface area (TPSA) is 66.8 Å². The van der Waals surface area contributed by atoms with Gasteiger partial charge in [0, 0.05) is 23.3 Å². The van der Waals surface area contributed by atoms with Crippen LogP contribution in [0.1, 0.15) is 78.4 Å². The third kappa shape index (κ3) is 6.24. The summed E-state index contributed by atoms with van der Waals surface area (Å²) >= 11 is 0. The zero-order chi connectivity index (χ0) is 27.7. The van der Waals surface area contributed by atoms with E-state index in [-0.39, 0.29) is 16.6 Å². The Kier molecular flexibility index (Phi) is 7.96. The summed E-state index contributed by atoms with van der Waals surface area (Å²) in [5, 5.41) is 0. The van der Waals surface area contributed by atoms with E-state index in [0.717, 1.165) is 42.2 Å². The van der Waals surface area contributed by atoms with E-state index in [1.807, 2.05) is 30.3 Å². The molecular weight excluding hydrogens is 494 g/mol. The summed E-state index contributed by atoms with van der Waals surface area (Å²) in [5.41, 5.74) is 6.87. The van der Waals surface area contributed by atoms with Crippen molar-refractivity contribution in [1.29, 1.82) is 0 Å². The first-order chi connectivity index (χ1) is 17.8. The minimum absolute atomic E-state index is 0.0173. The average molecular weight is 536 g/mol. The predicted octanol–water partition coefficient (Wildman–Crippen LogP) is 7.71. The number of nitrogens with zero attached hydrogens (tertiary/aromatic N) is 1. The largest absolute Gasteiger partial charge is 0.457 e. The van der Waals surface area contributed by atoms with E-state index in [4.69, 9.17) is 4.74 Å². The van der Waals surface area contributed by atoms with E-state index in [1.54, 1.807) is 0 Å². The lowest BCUT2D eigenvalue weighted by atomic mass is 9.79. The number of para-hydroxylation sites is 1. The Balaban J connectivity index is 1.75. The summed E-state index contributed by atoms with van der Waals surface area (Å²) in [7, 11) is -4.02. The molecule has 0 unspecified atom stereocenters. The monoisotopic (exact) mass is 535 g/mol. The van der Waals surface area contributed by atoms with Gasteiger partial charge in [0.15, 0.2) is 0 Å². The average Bonchev–Trinajstić information content (AvgIpc) is 3.04. The van der Waals surface area contributed by atoms with Gasteiger partial charge in [0.1, 0.15) is 11.5 Å². The third-order valence-electron chi connectivity index (χ3n) is 7.62. The van der Waals surface area contributed by atoms with Crippen molar-refractivity contribution < 1.29 is 17.7 Å². The molecule has 0 aromatic heterocycles. The molecule has 2 aliphatic rings. The van der Waals surface area contributed by atoms with Crippen LogP contribution in [0, 0.1) is 0 Å². The number of anilines is 1. The van der Waals surface area contributed by atoms with Gasteiger partial charge >= 0.3 is 0 Å². The van der Waals surface area contributed by atoms with Crippen LogP contribution in [0.4, 0.5) is 5.69 Å². The molecule has 1 aliphatic heterocycles. The van der Waals surface area contributed by atoms with Crippen molar-refractivity contribution in [2.45, 2.75) is 78.1 Å². The van der Waals surface area contributed by atoms with E-state index < -0.39 is 10.1 Å². The molecule has 38 heavy (non-hydrogen) atoms. The summed E-state index contributed by atoms with van der Waals surface area (Å²) < 4.78 is 38.6. The highest BCUT2D eigenvalue weighted by atomic mass is 32.2. The lowest BCUT2D eigenvalue weighted by molar-refractivity contribution is 0.413. The molecule has 0 fully saturated rings. The molecule has 2 aromatic carbocycles. The molecule has 0 bridgehead atoms. The molecule has 4 rings (SSSR count). The van der Waals surface area contributed by atoms with Crippen molar-refractivity contribution >= 4 is 15.8 Å². The molecule has 0 atom stereocenters. The smallest absolute Gasteiger partial charge is 0.264 e. The van der Waals surface area contributed by atoms with Gasteiger partial charge in [-0.15, -0.1) is 0 Å². The first-order valence-electron chi connectivity index (χ1n) is 13.5. The quantitative estimate of drug-likeness (QED) is 0.368.